The average molecular weight is 252 g/mol. The van der Waals surface area contributed by atoms with Crippen molar-refractivity contribution in [3.63, 3.8) is 0 Å². The second-order valence-corrected chi connectivity index (χ2v) is 3.18. The number of nitrogens with zero attached hydrogens (tertiary/aromatic N) is 2. The van der Waals surface area contributed by atoms with Gasteiger partial charge in [-0.05, 0) is 6.07 Å². The molecule has 0 saturated carbocycles. The second kappa shape index (κ2) is 5.24. The highest BCUT2D eigenvalue weighted by Gasteiger charge is 2.34. The van der Waals surface area contributed by atoms with Crippen LogP contribution in [0, 0.1) is 22.7 Å². The molecule has 0 fully saturated rings. The van der Waals surface area contributed by atoms with Gasteiger partial charge in [0, 0.05) is 5.56 Å². The van der Waals surface area contributed by atoms with Crippen LogP contribution in [0.4, 0.5) is 13.2 Å². The number of allylic oxidation sites excluding steroid dienone is 1. The van der Waals surface area contributed by atoms with E-state index in [2.05, 4.69) is 0 Å². The molecule has 3 nitrogen and oxygen atoms in total. The van der Waals surface area contributed by atoms with Gasteiger partial charge in [0.2, 0.25) is 0 Å². The van der Waals surface area contributed by atoms with E-state index in [1.54, 1.807) is 0 Å². The lowest BCUT2D eigenvalue weighted by Gasteiger charge is -2.14. The Morgan fingerprint density at radius 1 is 1.17 bits per heavy atom. The Bertz CT molecular complexity index is 546. The van der Waals surface area contributed by atoms with Gasteiger partial charge in [0.25, 0.3) is 0 Å². The van der Waals surface area contributed by atoms with Crippen LogP contribution >= 0.6 is 0 Å². The summed E-state index contributed by atoms with van der Waals surface area (Å²) in [5.74, 6) is -0.382. The molecule has 0 atom stereocenters. The fraction of sp³-hybridized carbons (Fsp3) is 0.167. The van der Waals surface area contributed by atoms with Crippen LogP contribution in [-0.2, 0) is 10.9 Å². The lowest BCUT2D eigenvalue weighted by atomic mass is 10.0. The van der Waals surface area contributed by atoms with Crippen molar-refractivity contribution in [1.29, 1.82) is 10.5 Å². The van der Waals surface area contributed by atoms with Crippen molar-refractivity contribution < 1.29 is 17.9 Å². The monoisotopic (exact) mass is 252 g/mol. The number of rotatable bonds is 2. The van der Waals surface area contributed by atoms with Crippen molar-refractivity contribution in [3.05, 3.63) is 41.0 Å². The quantitative estimate of drug-likeness (QED) is 0.600. The maximum Gasteiger partial charge on any atom is 0.417 e. The first-order valence-corrected chi connectivity index (χ1v) is 4.70. The zero-order valence-corrected chi connectivity index (χ0v) is 9.25. The van der Waals surface area contributed by atoms with E-state index in [0.29, 0.717) is 0 Å². The number of hydrogen-bond acceptors (Lipinski definition) is 3. The molecule has 0 saturated heterocycles. The molecule has 0 aromatic heterocycles. The van der Waals surface area contributed by atoms with E-state index in [1.165, 1.54) is 24.3 Å². The van der Waals surface area contributed by atoms with Crippen LogP contribution in [0.3, 0.4) is 0 Å². The predicted octanol–water partition coefficient (Wildman–Crippen LogP) is 3.11. The Morgan fingerprint density at radius 3 is 2.17 bits per heavy atom. The minimum Gasteiger partial charge on any atom is -0.494 e. The van der Waals surface area contributed by atoms with Gasteiger partial charge >= 0.3 is 6.18 Å². The van der Waals surface area contributed by atoms with E-state index in [-0.39, 0.29) is 11.3 Å². The van der Waals surface area contributed by atoms with Gasteiger partial charge in [-0.15, -0.1) is 0 Å². The minimum atomic E-state index is -4.59. The Hall–Kier alpha value is -2.47. The van der Waals surface area contributed by atoms with Gasteiger partial charge in [-0.25, -0.2) is 0 Å². The second-order valence-electron chi connectivity index (χ2n) is 3.18. The topological polar surface area (TPSA) is 56.8 Å². The molecule has 1 rings (SSSR count). The molecule has 0 heterocycles. The van der Waals surface area contributed by atoms with Gasteiger partial charge in [-0.1, -0.05) is 18.2 Å². The van der Waals surface area contributed by atoms with E-state index in [9.17, 15) is 13.2 Å². The van der Waals surface area contributed by atoms with Crippen LogP contribution in [0.1, 0.15) is 11.1 Å². The maximum atomic E-state index is 12.8. The predicted molar refractivity (Wildman–Crippen MR) is 56.6 cm³/mol. The Kier molecular flexibility index (Phi) is 3.96. The van der Waals surface area contributed by atoms with Crippen LogP contribution in [-0.4, -0.2) is 7.11 Å². The molecule has 0 amide bonds. The average Bonchev–Trinajstić information content (AvgIpc) is 2.34. The maximum absolute atomic E-state index is 12.8. The van der Waals surface area contributed by atoms with Gasteiger partial charge in [0.05, 0.1) is 12.7 Å². The van der Waals surface area contributed by atoms with Crippen LogP contribution in [0.15, 0.2) is 29.8 Å². The third kappa shape index (κ3) is 2.61. The minimum absolute atomic E-state index is 0.328. The van der Waals surface area contributed by atoms with Crippen LogP contribution < -0.4 is 0 Å². The third-order valence-electron chi connectivity index (χ3n) is 2.13. The van der Waals surface area contributed by atoms with E-state index >= 15 is 0 Å². The Labute approximate surface area is 101 Å². The highest BCUT2D eigenvalue weighted by Crippen LogP contribution is 2.35. The van der Waals surface area contributed by atoms with Crippen LogP contribution in [0.25, 0.3) is 5.76 Å². The molecule has 0 aliphatic heterocycles. The molecular formula is C12H7F3N2O. The fourth-order valence-corrected chi connectivity index (χ4v) is 1.40. The van der Waals surface area contributed by atoms with Crippen molar-refractivity contribution in [2.24, 2.45) is 0 Å². The fourth-order valence-electron chi connectivity index (χ4n) is 1.40. The molecule has 92 valence electrons. The van der Waals surface area contributed by atoms with Crippen molar-refractivity contribution in [2.45, 2.75) is 6.18 Å². The van der Waals surface area contributed by atoms with Gasteiger partial charge in [0.1, 0.15) is 12.1 Å². The lowest BCUT2D eigenvalue weighted by Crippen LogP contribution is -2.09. The van der Waals surface area contributed by atoms with Crippen molar-refractivity contribution in [1.82, 2.24) is 0 Å². The normalized spacial score (nSPS) is 10.1. The number of benzene rings is 1. The summed E-state index contributed by atoms with van der Waals surface area (Å²) in [5.41, 5.74) is -1.79. The molecule has 0 spiro atoms. The van der Waals surface area contributed by atoms with E-state index in [4.69, 9.17) is 15.3 Å². The van der Waals surface area contributed by atoms with E-state index in [1.807, 2.05) is 0 Å². The Morgan fingerprint density at radius 2 is 1.72 bits per heavy atom. The molecule has 1 aromatic rings. The number of methoxy groups -OCH3 is 1. The summed E-state index contributed by atoms with van der Waals surface area (Å²) < 4.78 is 43.1. The van der Waals surface area contributed by atoms with E-state index in [0.717, 1.165) is 19.2 Å². The van der Waals surface area contributed by atoms with Gasteiger partial charge < -0.3 is 4.74 Å². The largest absolute Gasteiger partial charge is 0.494 e. The zero-order valence-electron chi connectivity index (χ0n) is 9.25. The molecule has 0 aliphatic rings. The SMILES string of the molecule is COC(=C(C#N)C#N)c1ccccc1C(F)(F)F. The molecule has 18 heavy (non-hydrogen) atoms. The first-order valence-electron chi connectivity index (χ1n) is 4.70. The summed E-state index contributed by atoms with van der Waals surface area (Å²) in [6.07, 6.45) is -4.59. The summed E-state index contributed by atoms with van der Waals surface area (Å²) in [6, 6.07) is 7.61. The number of alkyl halides is 3. The molecule has 0 aliphatic carbocycles. The number of halogens is 3. The molecular weight excluding hydrogens is 245 g/mol. The molecule has 0 bridgehead atoms. The van der Waals surface area contributed by atoms with Gasteiger partial charge in [-0.3, -0.25) is 0 Å². The van der Waals surface area contributed by atoms with Gasteiger partial charge in [-0.2, -0.15) is 23.7 Å². The van der Waals surface area contributed by atoms with Crippen molar-refractivity contribution in [3.8, 4) is 12.1 Å². The van der Waals surface area contributed by atoms with Crippen molar-refractivity contribution >= 4 is 5.76 Å². The summed E-state index contributed by atoms with van der Waals surface area (Å²) >= 11 is 0. The smallest absolute Gasteiger partial charge is 0.417 e. The van der Waals surface area contributed by atoms with Crippen LogP contribution in [0.5, 0.6) is 0 Å². The first-order chi connectivity index (χ1) is 8.45. The van der Waals surface area contributed by atoms with E-state index < -0.39 is 17.3 Å². The lowest BCUT2D eigenvalue weighted by molar-refractivity contribution is -0.137. The molecule has 0 unspecified atom stereocenters. The summed E-state index contributed by atoms with van der Waals surface area (Å²) in [7, 11) is 1.11. The number of hydrogen-bond donors (Lipinski definition) is 0. The molecule has 0 N–H and O–H groups in total. The Balaban J connectivity index is 3.57. The van der Waals surface area contributed by atoms with Crippen LogP contribution in [0.2, 0.25) is 0 Å². The number of nitriles is 2. The molecule has 1 aromatic carbocycles. The summed E-state index contributed by atoms with van der Waals surface area (Å²) in [6.45, 7) is 0. The highest BCUT2D eigenvalue weighted by atomic mass is 19.4. The standard InChI is InChI=1S/C12H7F3N2O/c1-18-11(8(6-16)7-17)9-4-2-3-5-10(9)12(13,14)15/h2-5H,1H3. The third-order valence-corrected chi connectivity index (χ3v) is 2.13. The number of ether oxygens (including phenoxy) is 1. The first kappa shape index (κ1) is 13.6. The summed E-state index contributed by atoms with van der Waals surface area (Å²) in [5, 5.41) is 17.4. The highest BCUT2D eigenvalue weighted by molar-refractivity contribution is 5.72. The van der Waals surface area contributed by atoms with Gasteiger partial charge in [0.15, 0.2) is 11.3 Å². The van der Waals surface area contributed by atoms with Crippen molar-refractivity contribution in [2.75, 3.05) is 7.11 Å². The molecule has 0 radical (unpaired) electrons. The summed E-state index contributed by atoms with van der Waals surface area (Å²) in [4.78, 5) is 0. The molecule has 6 heteroatoms. The zero-order chi connectivity index (χ0) is 13.8.